The maximum atomic E-state index is 11.9. The van der Waals surface area contributed by atoms with E-state index in [4.69, 9.17) is 11.6 Å². The molecule has 1 rings (SSSR count). The minimum absolute atomic E-state index is 0.190. The van der Waals surface area contributed by atoms with Crippen LogP contribution in [0.15, 0.2) is 11.6 Å². The highest BCUT2D eigenvalue weighted by atomic mass is 35.5. The van der Waals surface area contributed by atoms with Crippen LogP contribution in [0.4, 0.5) is 0 Å². The summed E-state index contributed by atoms with van der Waals surface area (Å²) in [6.07, 6.45) is 5.18. The zero-order chi connectivity index (χ0) is 10.8. The summed E-state index contributed by atoms with van der Waals surface area (Å²) >= 11 is 5.68. The second-order valence-electron chi connectivity index (χ2n) is 4.70. The Hall–Kier alpha value is -0.300. The first-order valence-electron chi connectivity index (χ1n) is 5.27. The third-order valence-corrected chi connectivity index (χ3v) is 3.63. The number of carbonyl (C=O) groups excluding carboxylic acids is 1. The molecule has 0 saturated heterocycles. The van der Waals surface area contributed by atoms with Crippen LogP contribution in [-0.4, -0.2) is 11.7 Å². The molecule has 0 bridgehead atoms. The lowest BCUT2D eigenvalue weighted by molar-refractivity contribution is -0.126. The van der Waals surface area contributed by atoms with Gasteiger partial charge in [0.15, 0.2) is 5.78 Å². The van der Waals surface area contributed by atoms with Crippen LogP contribution in [0.25, 0.3) is 0 Å². The van der Waals surface area contributed by atoms with E-state index < -0.39 is 0 Å². The van der Waals surface area contributed by atoms with Gasteiger partial charge in [-0.1, -0.05) is 19.9 Å². The standard InChI is InChI=1S/C12H19ClO/c1-9-6-7-10(5-4-8-13)12(2,3)11(9)14/h6,10H,4-5,7-8H2,1-3H3. The molecule has 0 aromatic carbocycles. The summed E-state index contributed by atoms with van der Waals surface area (Å²) < 4.78 is 0. The molecule has 1 aliphatic carbocycles. The van der Waals surface area contributed by atoms with Gasteiger partial charge in [-0.2, -0.15) is 0 Å². The van der Waals surface area contributed by atoms with Gasteiger partial charge in [0, 0.05) is 11.3 Å². The van der Waals surface area contributed by atoms with E-state index in [1.807, 2.05) is 6.92 Å². The van der Waals surface area contributed by atoms with E-state index in [0.717, 1.165) is 24.8 Å². The number of ketones is 1. The summed E-state index contributed by atoms with van der Waals surface area (Å²) in [5.41, 5.74) is 0.738. The maximum absolute atomic E-state index is 11.9. The number of hydrogen-bond donors (Lipinski definition) is 0. The smallest absolute Gasteiger partial charge is 0.164 e. The number of halogens is 1. The number of rotatable bonds is 3. The number of hydrogen-bond acceptors (Lipinski definition) is 1. The lowest BCUT2D eigenvalue weighted by Gasteiger charge is -2.36. The minimum atomic E-state index is -0.190. The van der Waals surface area contributed by atoms with Crippen LogP contribution in [0, 0.1) is 11.3 Å². The van der Waals surface area contributed by atoms with Crippen molar-refractivity contribution < 1.29 is 4.79 Å². The Morgan fingerprint density at radius 2 is 2.21 bits per heavy atom. The lowest BCUT2D eigenvalue weighted by Crippen LogP contribution is -2.36. The van der Waals surface area contributed by atoms with E-state index in [0.29, 0.717) is 17.6 Å². The molecule has 0 aliphatic heterocycles. The Morgan fingerprint density at radius 3 is 2.79 bits per heavy atom. The second-order valence-corrected chi connectivity index (χ2v) is 5.08. The van der Waals surface area contributed by atoms with Gasteiger partial charge in [0.25, 0.3) is 0 Å². The predicted molar refractivity (Wildman–Crippen MR) is 60.6 cm³/mol. The molecule has 0 fully saturated rings. The molecular formula is C12H19ClO. The average molecular weight is 215 g/mol. The fourth-order valence-electron chi connectivity index (χ4n) is 2.20. The number of carbonyl (C=O) groups is 1. The molecule has 0 saturated carbocycles. The van der Waals surface area contributed by atoms with Gasteiger partial charge in [-0.05, 0) is 37.7 Å². The highest BCUT2D eigenvalue weighted by Crippen LogP contribution is 2.39. The van der Waals surface area contributed by atoms with E-state index in [-0.39, 0.29) is 5.41 Å². The Morgan fingerprint density at radius 1 is 1.57 bits per heavy atom. The number of Topliss-reactive ketones (excluding diaryl/α,β-unsaturated/α-hetero) is 1. The molecule has 1 atom stereocenters. The van der Waals surface area contributed by atoms with Crippen molar-refractivity contribution in [2.75, 3.05) is 5.88 Å². The molecule has 0 aromatic heterocycles. The third kappa shape index (κ3) is 2.20. The average Bonchev–Trinajstić information content (AvgIpc) is 2.14. The van der Waals surface area contributed by atoms with E-state index in [1.165, 1.54) is 0 Å². The highest BCUT2D eigenvalue weighted by molar-refractivity contribution is 6.17. The van der Waals surface area contributed by atoms with Crippen molar-refractivity contribution in [2.45, 2.75) is 40.0 Å². The van der Waals surface area contributed by atoms with Crippen molar-refractivity contribution in [3.05, 3.63) is 11.6 Å². The summed E-state index contributed by atoms with van der Waals surface area (Å²) in [5, 5.41) is 0. The van der Waals surface area contributed by atoms with E-state index in [9.17, 15) is 4.79 Å². The Labute approximate surface area is 91.5 Å². The van der Waals surface area contributed by atoms with Crippen LogP contribution in [-0.2, 0) is 4.79 Å². The van der Waals surface area contributed by atoms with Crippen molar-refractivity contribution in [3.63, 3.8) is 0 Å². The van der Waals surface area contributed by atoms with Crippen LogP contribution >= 0.6 is 11.6 Å². The number of alkyl halides is 1. The molecular weight excluding hydrogens is 196 g/mol. The molecule has 0 amide bonds. The second kappa shape index (κ2) is 4.48. The Bertz CT molecular complexity index is 253. The first kappa shape index (κ1) is 11.8. The van der Waals surface area contributed by atoms with Gasteiger partial charge in [-0.3, -0.25) is 4.79 Å². The van der Waals surface area contributed by atoms with Crippen LogP contribution in [0.5, 0.6) is 0 Å². The highest BCUT2D eigenvalue weighted by Gasteiger charge is 2.38. The molecule has 80 valence electrons. The topological polar surface area (TPSA) is 17.1 Å². The molecule has 0 spiro atoms. The zero-order valence-corrected chi connectivity index (χ0v) is 10.0. The molecule has 0 heterocycles. The van der Waals surface area contributed by atoms with Crippen molar-refractivity contribution in [1.29, 1.82) is 0 Å². The number of allylic oxidation sites excluding steroid dienone is 2. The summed E-state index contributed by atoms with van der Waals surface area (Å²) in [5.74, 6) is 1.48. The first-order valence-corrected chi connectivity index (χ1v) is 5.81. The van der Waals surface area contributed by atoms with Crippen LogP contribution < -0.4 is 0 Å². The normalized spacial score (nSPS) is 26.1. The third-order valence-electron chi connectivity index (χ3n) is 3.36. The largest absolute Gasteiger partial charge is 0.294 e. The summed E-state index contributed by atoms with van der Waals surface area (Å²) in [6, 6.07) is 0. The monoisotopic (exact) mass is 214 g/mol. The van der Waals surface area contributed by atoms with E-state index >= 15 is 0 Å². The predicted octanol–water partition coefficient (Wildman–Crippen LogP) is 3.57. The van der Waals surface area contributed by atoms with Crippen molar-refractivity contribution in [2.24, 2.45) is 11.3 Å². The Kier molecular flexibility index (Phi) is 3.77. The maximum Gasteiger partial charge on any atom is 0.164 e. The van der Waals surface area contributed by atoms with Crippen molar-refractivity contribution >= 4 is 17.4 Å². The van der Waals surface area contributed by atoms with Crippen LogP contribution in [0.2, 0.25) is 0 Å². The summed E-state index contributed by atoms with van der Waals surface area (Å²) in [4.78, 5) is 11.9. The van der Waals surface area contributed by atoms with Gasteiger partial charge < -0.3 is 0 Å². The van der Waals surface area contributed by atoms with Gasteiger partial charge in [0.05, 0.1) is 0 Å². The van der Waals surface area contributed by atoms with E-state index in [1.54, 1.807) is 0 Å². The quantitative estimate of drug-likeness (QED) is 0.657. The first-order chi connectivity index (χ1) is 6.50. The molecule has 14 heavy (non-hydrogen) atoms. The van der Waals surface area contributed by atoms with Gasteiger partial charge >= 0.3 is 0 Å². The zero-order valence-electron chi connectivity index (χ0n) is 9.27. The molecule has 1 aliphatic rings. The molecule has 1 nitrogen and oxygen atoms in total. The van der Waals surface area contributed by atoms with Crippen LogP contribution in [0.1, 0.15) is 40.0 Å². The van der Waals surface area contributed by atoms with E-state index in [2.05, 4.69) is 19.9 Å². The molecule has 2 heteroatoms. The van der Waals surface area contributed by atoms with Gasteiger partial charge in [-0.25, -0.2) is 0 Å². The molecule has 0 N–H and O–H groups in total. The van der Waals surface area contributed by atoms with Gasteiger partial charge in [0.1, 0.15) is 0 Å². The fraction of sp³-hybridized carbons (Fsp3) is 0.750. The van der Waals surface area contributed by atoms with Gasteiger partial charge in [0.2, 0.25) is 0 Å². The summed E-state index contributed by atoms with van der Waals surface area (Å²) in [7, 11) is 0. The molecule has 0 aromatic rings. The van der Waals surface area contributed by atoms with Crippen LogP contribution in [0.3, 0.4) is 0 Å². The van der Waals surface area contributed by atoms with Gasteiger partial charge in [-0.15, -0.1) is 11.6 Å². The Balaban J connectivity index is 2.75. The SMILES string of the molecule is CC1=CCC(CCCCl)C(C)(C)C1=O. The summed E-state index contributed by atoms with van der Waals surface area (Å²) in [6.45, 7) is 6.04. The fourth-order valence-corrected chi connectivity index (χ4v) is 2.36. The minimum Gasteiger partial charge on any atom is -0.294 e. The lowest BCUT2D eigenvalue weighted by atomic mass is 9.67. The molecule has 0 radical (unpaired) electrons. The molecule has 1 unspecified atom stereocenters. The van der Waals surface area contributed by atoms with Crippen molar-refractivity contribution in [3.8, 4) is 0 Å². The van der Waals surface area contributed by atoms with Crippen molar-refractivity contribution in [1.82, 2.24) is 0 Å².